The molecule has 0 spiro atoms. The van der Waals surface area contributed by atoms with E-state index in [9.17, 15) is 14.7 Å². The fourth-order valence-electron chi connectivity index (χ4n) is 5.79. The highest BCUT2D eigenvalue weighted by molar-refractivity contribution is 6.46. The van der Waals surface area contributed by atoms with Crippen LogP contribution in [0.3, 0.4) is 0 Å². The molecule has 2 aliphatic heterocycles. The third-order valence-corrected chi connectivity index (χ3v) is 7.93. The van der Waals surface area contributed by atoms with Crippen molar-refractivity contribution in [3.63, 3.8) is 0 Å². The molecule has 7 heteroatoms. The number of likely N-dealkylation sites (tertiary alicyclic amines) is 1. The minimum atomic E-state index is -0.816. The SMILES string of the molecule is COc1cc([C@@H]2/C(=C(\O)c3ccc4c(c3)C[C@@H](C)O4)C(=O)C(=O)N2CCc2ccccc2)ccc1OCc1ccccc1. The predicted octanol–water partition coefficient (Wildman–Crippen LogP) is 6.26. The summed E-state index contributed by atoms with van der Waals surface area (Å²) in [6.07, 6.45) is 1.28. The Balaban J connectivity index is 1.39. The lowest BCUT2D eigenvalue weighted by Gasteiger charge is -2.26. The molecular formula is C36H33NO6. The number of amides is 1. The first-order valence-corrected chi connectivity index (χ1v) is 14.4. The number of hydrogen-bond acceptors (Lipinski definition) is 6. The van der Waals surface area contributed by atoms with Gasteiger partial charge in [-0.3, -0.25) is 9.59 Å². The van der Waals surface area contributed by atoms with E-state index in [0.717, 1.165) is 22.4 Å². The first-order chi connectivity index (χ1) is 20.9. The lowest BCUT2D eigenvalue weighted by Crippen LogP contribution is -2.31. The summed E-state index contributed by atoms with van der Waals surface area (Å²) in [5, 5.41) is 11.6. The van der Waals surface area contributed by atoms with E-state index < -0.39 is 17.7 Å². The van der Waals surface area contributed by atoms with Gasteiger partial charge in [-0.05, 0) is 65.9 Å². The predicted molar refractivity (Wildman–Crippen MR) is 163 cm³/mol. The second-order valence-corrected chi connectivity index (χ2v) is 10.9. The summed E-state index contributed by atoms with van der Waals surface area (Å²) in [6.45, 7) is 2.63. The lowest BCUT2D eigenvalue weighted by atomic mass is 9.94. The van der Waals surface area contributed by atoms with Gasteiger partial charge in [0.2, 0.25) is 0 Å². The Labute approximate surface area is 250 Å². The summed E-state index contributed by atoms with van der Waals surface area (Å²) < 4.78 is 17.6. The maximum atomic E-state index is 13.6. The summed E-state index contributed by atoms with van der Waals surface area (Å²) in [5.74, 6) is 0.180. The number of Topliss-reactive ketones (excluding diaryl/α,β-unsaturated/α-hetero) is 1. The van der Waals surface area contributed by atoms with Crippen LogP contribution in [0.4, 0.5) is 0 Å². The van der Waals surface area contributed by atoms with E-state index in [1.165, 1.54) is 0 Å². The average molecular weight is 576 g/mol. The number of ether oxygens (including phenoxy) is 3. The molecule has 218 valence electrons. The molecule has 6 rings (SSSR count). The van der Waals surface area contributed by atoms with E-state index >= 15 is 0 Å². The number of carbonyl (C=O) groups excluding carboxylic acids is 2. The highest BCUT2D eigenvalue weighted by Gasteiger charge is 2.46. The fraction of sp³-hybridized carbons (Fsp3) is 0.222. The molecule has 0 aromatic heterocycles. The maximum Gasteiger partial charge on any atom is 0.295 e. The van der Waals surface area contributed by atoms with Crippen molar-refractivity contribution in [2.75, 3.05) is 13.7 Å². The van der Waals surface area contributed by atoms with E-state index in [1.54, 1.807) is 36.3 Å². The average Bonchev–Trinajstić information content (AvgIpc) is 3.54. The first-order valence-electron chi connectivity index (χ1n) is 14.4. The number of carbonyl (C=O) groups is 2. The van der Waals surface area contributed by atoms with Crippen LogP contribution in [0.15, 0.2) is 103 Å². The summed E-state index contributed by atoms with van der Waals surface area (Å²) in [5.41, 5.74) is 4.15. The van der Waals surface area contributed by atoms with Gasteiger partial charge in [-0.1, -0.05) is 66.7 Å². The Morgan fingerprint density at radius 3 is 2.35 bits per heavy atom. The molecule has 43 heavy (non-hydrogen) atoms. The first kappa shape index (κ1) is 28.1. The van der Waals surface area contributed by atoms with E-state index in [-0.39, 0.29) is 17.4 Å². The van der Waals surface area contributed by atoms with Crippen molar-refractivity contribution in [1.82, 2.24) is 4.90 Å². The third kappa shape index (κ3) is 5.71. The number of rotatable bonds is 9. The van der Waals surface area contributed by atoms with Crippen molar-refractivity contribution in [3.05, 3.63) is 130 Å². The van der Waals surface area contributed by atoms with Crippen LogP contribution >= 0.6 is 0 Å². The Bertz CT molecular complexity index is 1680. The highest BCUT2D eigenvalue weighted by Crippen LogP contribution is 2.43. The van der Waals surface area contributed by atoms with Gasteiger partial charge in [0.1, 0.15) is 24.2 Å². The van der Waals surface area contributed by atoms with Gasteiger partial charge in [0.25, 0.3) is 11.7 Å². The Morgan fingerprint density at radius 1 is 0.907 bits per heavy atom. The normalized spacial score (nSPS) is 18.8. The molecule has 0 unspecified atom stereocenters. The maximum absolute atomic E-state index is 13.6. The largest absolute Gasteiger partial charge is 0.507 e. The Kier molecular flexibility index (Phi) is 7.88. The van der Waals surface area contributed by atoms with E-state index in [1.807, 2.05) is 79.7 Å². The number of ketones is 1. The summed E-state index contributed by atoms with van der Waals surface area (Å²) >= 11 is 0. The van der Waals surface area contributed by atoms with Crippen molar-refractivity contribution in [2.45, 2.75) is 38.5 Å². The topological polar surface area (TPSA) is 85.3 Å². The Hall–Kier alpha value is -5.04. The number of benzene rings is 4. The van der Waals surface area contributed by atoms with Gasteiger partial charge in [-0.25, -0.2) is 0 Å². The van der Waals surface area contributed by atoms with E-state index in [0.29, 0.717) is 48.6 Å². The zero-order chi connectivity index (χ0) is 29.9. The lowest BCUT2D eigenvalue weighted by molar-refractivity contribution is -0.139. The smallest absolute Gasteiger partial charge is 0.295 e. The zero-order valence-corrected chi connectivity index (χ0v) is 24.2. The molecule has 4 aromatic carbocycles. The number of methoxy groups -OCH3 is 1. The van der Waals surface area contributed by atoms with Gasteiger partial charge in [0, 0.05) is 18.5 Å². The van der Waals surface area contributed by atoms with Gasteiger partial charge >= 0.3 is 0 Å². The van der Waals surface area contributed by atoms with Gasteiger partial charge in [0.15, 0.2) is 11.5 Å². The van der Waals surface area contributed by atoms with Crippen LogP contribution in [0.25, 0.3) is 5.76 Å². The molecule has 0 aliphatic carbocycles. The van der Waals surface area contributed by atoms with Crippen LogP contribution in [0.5, 0.6) is 17.2 Å². The minimum Gasteiger partial charge on any atom is -0.507 e. The van der Waals surface area contributed by atoms with Crippen molar-refractivity contribution in [1.29, 1.82) is 0 Å². The molecule has 0 bridgehead atoms. The van der Waals surface area contributed by atoms with Crippen LogP contribution in [0.1, 0.15) is 40.8 Å². The number of aliphatic hydroxyl groups is 1. The van der Waals surface area contributed by atoms with E-state index in [4.69, 9.17) is 14.2 Å². The molecule has 2 heterocycles. The monoisotopic (exact) mass is 575 g/mol. The van der Waals surface area contributed by atoms with E-state index in [2.05, 4.69) is 0 Å². The number of nitrogens with zero attached hydrogens (tertiary/aromatic N) is 1. The van der Waals surface area contributed by atoms with Crippen molar-refractivity contribution in [2.24, 2.45) is 0 Å². The molecule has 1 saturated heterocycles. The number of fused-ring (bicyclic) bond motifs is 1. The molecule has 1 amide bonds. The van der Waals surface area contributed by atoms with Crippen molar-refractivity contribution in [3.8, 4) is 17.2 Å². The van der Waals surface area contributed by atoms with Crippen LogP contribution in [0.2, 0.25) is 0 Å². The molecule has 4 aromatic rings. The van der Waals surface area contributed by atoms with Crippen molar-refractivity contribution >= 4 is 17.4 Å². The summed E-state index contributed by atoms with van der Waals surface area (Å²) in [4.78, 5) is 28.7. The molecule has 7 nitrogen and oxygen atoms in total. The van der Waals surface area contributed by atoms with Crippen LogP contribution < -0.4 is 14.2 Å². The van der Waals surface area contributed by atoms with Crippen LogP contribution in [0, 0.1) is 0 Å². The van der Waals surface area contributed by atoms with Gasteiger partial charge in [-0.15, -0.1) is 0 Å². The molecule has 0 saturated carbocycles. The fourth-order valence-corrected chi connectivity index (χ4v) is 5.79. The van der Waals surface area contributed by atoms with Gasteiger partial charge in [0.05, 0.1) is 18.7 Å². The van der Waals surface area contributed by atoms with Gasteiger partial charge < -0.3 is 24.2 Å². The second kappa shape index (κ2) is 12.1. The molecule has 0 radical (unpaired) electrons. The summed E-state index contributed by atoms with van der Waals surface area (Å²) in [7, 11) is 1.55. The van der Waals surface area contributed by atoms with Gasteiger partial charge in [-0.2, -0.15) is 0 Å². The second-order valence-electron chi connectivity index (χ2n) is 10.9. The number of hydrogen-bond donors (Lipinski definition) is 1. The molecule has 1 fully saturated rings. The third-order valence-electron chi connectivity index (χ3n) is 7.93. The summed E-state index contributed by atoms with van der Waals surface area (Å²) in [6, 6.07) is 29.5. The molecule has 2 atom stereocenters. The zero-order valence-electron chi connectivity index (χ0n) is 24.2. The van der Waals surface area contributed by atoms with Crippen molar-refractivity contribution < 1.29 is 28.9 Å². The standard InChI is InChI=1S/C36H33NO6/c1-23-19-28-20-27(14-15-29(28)43-23)34(38)32-33(37(36(40)35(32)39)18-17-24-9-5-3-6-10-24)26-13-16-30(31(21-26)41-2)42-22-25-11-7-4-8-12-25/h3-16,20-21,23,33,38H,17-19,22H2,1-2H3/b34-32+/t23-,33-/m1/s1. The molecule has 1 N–H and O–H groups in total. The minimum absolute atomic E-state index is 0.0334. The number of aliphatic hydroxyl groups excluding tert-OH is 1. The van der Waals surface area contributed by atoms with Crippen LogP contribution in [-0.4, -0.2) is 41.5 Å². The Morgan fingerprint density at radius 2 is 1.63 bits per heavy atom. The highest BCUT2D eigenvalue weighted by atomic mass is 16.5. The van der Waals surface area contributed by atoms with Crippen LogP contribution in [-0.2, 0) is 29.0 Å². The molecule has 2 aliphatic rings. The molecular weight excluding hydrogens is 542 g/mol. The quantitative estimate of drug-likeness (QED) is 0.144.